The van der Waals surface area contributed by atoms with E-state index in [0.29, 0.717) is 6.42 Å². The number of ketones is 1. The van der Waals surface area contributed by atoms with E-state index >= 15 is 0 Å². The van der Waals surface area contributed by atoms with Crippen molar-refractivity contribution in [1.29, 1.82) is 0 Å². The highest BCUT2D eigenvalue weighted by Gasteiger charge is 2.19. The topological polar surface area (TPSA) is 17.1 Å². The molecule has 1 aliphatic carbocycles. The highest BCUT2D eigenvalue weighted by Crippen LogP contribution is 2.30. The highest BCUT2D eigenvalue weighted by atomic mass is 16.1. The van der Waals surface area contributed by atoms with Crippen LogP contribution < -0.4 is 0 Å². The number of Topliss-reactive ketones (excluding diaryl/α,β-unsaturated/α-hetero) is 1. The Morgan fingerprint density at radius 2 is 1.50 bits per heavy atom. The van der Waals surface area contributed by atoms with Gasteiger partial charge in [-0.2, -0.15) is 0 Å². The van der Waals surface area contributed by atoms with Crippen LogP contribution in [0.1, 0.15) is 48.7 Å². The largest absolute Gasteiger partial charge is 0.294 e. The van der Waals surface area contributed by atoms with Crippen molar-refractivity contribution in [3.63, 3.8) is 0 Å². The molecule has 2 aromatic carbocycles. The second-order valence-electron chi connectivity index (χ2n) is 6.62. The molecule has 1 nitrogen and oxygen atoms in total. The van der Waals surface area contributed by atoms with Crippen molar-refractivity contribution in [2.45, 2.75) is 39.0 Å². The van der Waals surface area contributed by atoms with Crippen molar-refractivity contribution in [2.24, 2.45) is 0 Å². The molecular formula is C19H20O. The Morgan fingerprint density at radius 3 is 2.15 bits per heavy atom. The molecule has 1 aliphatic rings. The Kier molecular flexibility index (Phi) is 3.01. The normalized spacial score (nSPS) is 14.4. The third-order valence-corrected chi connectivity index (χ3v) is 4.11. The molecule has 0 heterocycles. The number of hydrogen-bond donors (Lipinski definition) is 0. The average molecular weight is 264 g/mol. The lowest BCUT2D eigenvalue weighted by Gasteiger charge is -2.19. The van der Waals surface area contributed by atoms with Gasteiger partial charge in [0.25, 0.3) is 0 Å². The fourth-order valence-corrected chi connectivity index (χ4v) is 2.80. The lowest BCUT2D eigenvalue weighted by atomic mass is 9.86. The van der Waals surface area contributed by atoms with Crippen molar-refractivity contribution in [1.82, 2.24) is 0 Å². The van der Waals surface area contributed by atoms with Crippen molar-refractivity contribution >= 4 is 5.78 Å². The fourth-order valence-electron chi connectivity index (χ4n) is 2.80. The van der Waals surface area contributed by atoms with Crippen LogP contribution in [0.15, 0.2) is 42.5 Å². The van der Waals surface area contributed by atoms with Gasteiger partial charge in [-0.1, -0.05) is 63.2 Å². The van der Waals surface area contributed by atoms with Gasteiger partial charge in [0.05, 0.1) is 0 Å². The van der Waals surface area contributed by atoms with Gasteiger partial charge in [-0.15, -0.1) is 0 Å². The van der Waals surface area contributed by atoms with Gasteiger partial charge < -0.3 is 0 Å². The number of fused-ring (bicyclic) bond motifs is 1. The van der Waals surface area contributed by atoms with Crippen LogP contribution in [0.4, 0.5) is 0 Å². The Balaban J connectivity index is 1.96. The van der Waals surface area contributed by atoms with Gasteiger partial charge >= 0.3 is 0 Å². The maximum Gasteiger partial charge on any atom is 0.163 e. The molecule has 0 spiro atoms. The number of carbonyl (C=O) groups is 1. The summed E-state index contributed by atoms with van der Waals surface area (Å²) in [4.78, 5) is 11.7. The molecule has 0 aliphatic heterocycles. The molecule has 2 aromatic rings. The monoisotopic (exact) mass is 264 g/mol. The number of hydrogen-bond acceptors (Lipinski definition) is 1. The number of carbonyl (C=O) groups excluding carboxylic acids is 1. The van der Waals surface area contributed by atoms with Crippen LogP contribution in [0.2, 0.25) is 0 Å². The summed E-state index contributed by atoms with van der Waals surface area (Å²) in [5, 5.41) is 0. The second kappa shape index (κ2) is 4.59. The molecule has 0 aromatic heterocycles. The molecule has 3 rings (SSSR count). The highest BCUT2D eigenvalue weighted by molar-refractivity contribution is 6.00. The first-order valence-electron chi connectivity index (χ1n) is 7.22. The molecule has 0 fully saturated rings. The lowest BCUT2D eigenvalue weighted by Crippen LogP contribution is -2.10. The van der Waals surface area contributed by atoms with Crippen molar-refractivity contribution < 1.29 is 4.79 Å². The van der Waals surface area contributed by atoms with E-state index in [1.807, 2.05) is 6.07 Å². The zero-order valence-corrected chi connectivity index (χ0v) is 12.4. The summed E-state index contributed by atoms with van der Waals surface area (Å²) in [5.41, 5.74) is 6.08. The maximum atomic E-state index is 11.7. The summed E-state index contributed by atoms with van der Waals surface area (Å²) < 4.78 is 0. The van der Waals surface area contributed by atoms with Crippen LogP contribution in [0.25, 0.3) is 11.1 Å². The summed E-state index contributed by atoms with van der Waals surface area (Å²) in [7, 11) is 0. The summed E-state index contributed by atoms with van der Waals surface area (Å²) in [6.45, 7) is 6.68. The smallest absolute Gasteiger partial charge is 0.163 e. The molecule has 0 unspecified atom stereocenters. The fraction of sp³-hybridized carbons (Fsp3) is 0.316. The van der Waals surface area contributed by atoms with E-state index in [2.05, 4.69) is 57.2 Å². The Bertz CT molecular complexity index is 657. The van der Waals surface area contributed by atoms with Crippen molar-refractivity contribution in [3.8, 4) is 11.1 Å². The lowest BCUT2D eigenvalue weighted by molar-refractivity contribution is 0.0994. The molecule has 0 N–H and O–H groups in total. The summed E-state index contributed by atoms with van der Waals surface area (Å²) in [6, 6.07) is 15.0. The molecule has 102 valence electrons. The summed E-state index contributed by atoms with van der Waals surface area (Å²) in [6.07, 6.45) is 1.56. The van der Waals surface area contributed by atoms with E-state index in [1.54, 1.807) is 0 Å². The van der Waals surface area contributed by atoms with E-state index in [9.17, 15) is 4.79 Å². The zero-order valence-electron chi connectivity index (χ0n) is 12.4. The minimum absolute atomic E-state index is 0.183. The van der Waals surface area contributed by atoms with E-state index < -0.39 is 0 Å². The predicted octanol–water partition coefficient (Wildman–Crippen LogP) is 4.78. The van der Waals surface area contributed by atoms with Crippen LogP contribution in [0.5, 0.6) is 0 Å². The van der Waals surface area contributed by atoms with Gasteiger partial charge in [0.2, 0.25) is 0 Å². The van der Waals surface area contributed by atoms with Crippen LogP contribution in [0.3, 0.4) is 0 Å². The van der Waals surface area contributed by atoms with Gasteiger partial charge in [-0.3, -0.25) is 4.79 Å². The third kappa shape index (κ3) is 2.29. The van der Waals surface area contributed by atoms with Crippen LogP contribution >= 0.6 is 0 Å². The second-order valence-corrected chi connectivity index (χ2v) is 6.62. The predicted molar refractivity (Wildman–Crippen MR) is 83.2 cm³/mol. The SMILES string of the molecule is CC(C)(C)c1ccc(-c2ccc3c(c2)CCC3=O)cc1. The van der Waals surface area contributed by atoms with Gasteiger partial charge in [-0.25, -0.2) is 0 Å². The summed E-state index contributed by atoms with van der Waals surface area (Å²) >= 11 is 0. The van der Waals surface area contributed by atoms with Crippen molar-refractivity contribution in [2.75, 3.05) is 0 Å². The van der Waals surface area contributed by atoms with E-state index in [1.165, 1.54) is 22.3 Å². The van der Waals surface area contributed by atoms with Gasteiger partial charge in [0.1, 0.15) is 0 Å². The van der Waals surface area contributed by atoms with Crippen LogP contribution in [-0.4, -0.2) is 5.78 Å². The van der Waals surface area contributed by atoms with E-state index in [4.69, 9.17) is 0 Å². The van der Waals surface area contributed by atoms with Gasteiger partial charge in [0.15, 0.2) is 5.78 Å². The first-order chi connectivity index (χ1) is 9.45. The first kappa shape index (κ1) is 13.1. The van der Waals surface area contributed by atoms with Gasteiger partial charge in [-0.05, 0) is 34.1 Å². The van der Waals surface area contributed by atoms with Crippen LogP contribution in [-0.2, 0) is 11.8 Å². The molecule has 0 radical (unpaired) electrons. The Hall–Kier alpha value is -1.89. The molecule has 0 bridgehead atoms. The number of benzene rings is 2. The zero-order chi connectivity index (χ0) is 14.3. The molecule has 1 heteroatoms. The number of rotatable bonds is 1. The molecule has 20 heavy (non-hydrogen) atoms. The Labute approximate surface area is 120 Å². The molecular weight excluding hydrogens is 244 g/mol. The molecule has 0 atom stereocenters. The molecule has 0 amide bonds. The van der Waals surface area contributed by atoms with E-state index in [-0.39, 0.29) is 11.2 Å². The Morgan fingerprint density at radius 1 is 0.850 bits per heavy atom. The van der Waals surface area contributed by atoms with Crippen LogP contribution in [0, 0.1) is 0 Å². The van der Waals surface area contributed by atoms with Crippen molar-refractivity contribution in [3.05, 3.63) is 59.2 Å². The molecule has 0 saturated heterocycles. The first-order valence-corrected chi connectivity index (χ1v) is 7.22. The standard InChI is InChI=1S/C19H20O/c1-19(2,3)16-8-4-13(5-9-16)14-6-10-17-15(12-14)7-11-18(17)20/h4-6,8-10,12H,7,11H2,1-3H3. The minimum Gasteiger partial charge on any atom is -0.294 e. The average Bonchev–Trinajstić information content (AvgIpc) is 2.79. The quantitative estimate of drug-likeness (QED) is 0.724. The summed E-state index contributed by atoms with van der Waals surface area (Å²) in [5.74, 6) is 0.287. The number of aryl methyl sites for hydroxylation is 1. The minimum atomic E-state index is 0.183. The van der Waals surface area contributed by atoms with E-state index in [0.717, 1.165) is 12.0 Å². The third-order valence-electron chi connectivity index (χ3n) is 4.11. The van der Waals surface area contributed by atoms with Gasteiger partial charge in [0, 0.05) is 12.0 Å². The molecule has 0 saturated carbocycles. The maximum absolute atomic E-state index is 11.7.